The molecule has 1 saturated heterocycles. The molecule has 1 aliphatic rings. The Labute approximate surface area is 188 Å². The second-order valence-electron chi connectivity index (χ2n) is 6.92. The van der Waals surface area contributed by atoms with E-state index < -0.39 is 15.9 Å². The number of amides is 1. The summed E-state index contributed by atoms with van der Waals surface area (Å²) in [5.41, 5.74) is 0.975. The first-order valence-corrected chi connectivity index (χ1v) is 12.2. The van der Waals surface area contributed by atoms with Crippen molar-refractivity contribution in [1.29, 1.82) is 0 Å². The van der Waals surface area contributed by atoms with E-state index in [0.717, 1.165) is 11.3 Å². The summed E-state index contributed by atoms with van der Waals surface area (Å²) < 4.78 is 41.8. The Kier molecular flexibility index (Phi) is 6.29. The van der Waals surface area contributed by atoms with Gasteiger partial charge in [0.1, 0.15) is 15.6 Å². The molecule has 0 atom stereocenters. The number of nitrogens with zero attached hydrogens (tertiary/aromatic N) is 2. The van der Waals surface area contributed by atoms with Crippen LogP contribution < -0.4 is 10.2 Å². The molecule has 1 amide bonds. The van der Waals surface area contributed by atoms with Crippen LogP contribution in [0.5, 0.6) is 0 Å². The van der Waals surface area contributed by atoms with Crippen LogP contribution in [0.15, 0.2) is 64.9 Å². The highest BCUT2D eigenvalue weighted by atomic mass is 35.5. The van der Waals surface area contributed by atoms with Crippen LogP contribution in [0.2, 0.25) is 5.02 Å². The van der Waals surface area contributed by atoms with E-state index in [2.05, 4.69) is 5.32 Å². The van der Waals surface area contributed by atoms with Crippen molar-refractivity contribution >= 4 is 50.2 Å². The van der Waals surface area contributed by atoms with Gasteiger partial charge in [0.25, 0.3) is 5.91 Å². The zero-order chi connectivity index (χ0) is 22.0. The van der Waals surface area contributed by atoms with Gasteiger partial charge in [-0.1, -0.05) is 23.7 Å². The number of piperazine rings is 1. The maximum absolute atomic E-state index is 14.0. The summed E-state index contributed by atoms with van der Waals surface area (Å²) in [5, 5.41) is 4.82. The Morgan fingerprint density at radius 2 is 1.68 bits per heavy atom. The molecule has 2 heterocycles. The van der Waals surface area contributed by atoms with Gasteiger partial charge in [-0.3, -0.25) is 4.79 Å². The number of carbonyl (C=O) groups excluding carboxylic acids is 1. The molecule has 1 aromatic heterocycles. The predicted molar refractivity (Wildman–Crippen MR) is 121 cm³/mol. The van der Waals surface area contributed by atoms with Crippen LogP contribution in [0.4, 0.5) is 15.8 Å². The van der Waals surface area contributed by atoms with Crippen LogP contribution in [-0.4, -0.2) is 44.8 Å². The van der Waals surface area contributed by atoms with Gasteiger partial charge in [0.15, 0.2) is 0 Å². The lowest BCUT2D eigenvalue weighted by molar-refractivity contribution is 0.102. The van der Waals surface area contributed by atoms with Crippen LogP contribution in [0, 0.1) is 5.82 Å². The maximum Gasteiger partial charge on any atom is 0.267 e. The molecule has 0 spiro atoms. The number of halogens is 2. The summed E-state index contributed by atoms with van der Waals surface area (Å²) in [6, 6.07) is 14.4. The second-order valence-corrected chi connectivity index (χ2v) is 10.2. The smallest absolute Gasteiger partial charge is 0.267 e. The molecule has 0 aliphatic carbocycles. The monoisotopic (exact) mass is 479 g/mol. The van der Waals surface area contributed by atoms with Crippen molar-refractivity contribution in [3.8, 4) is 0 Å². The first kappa shape index (κ1) is 21.8. The molecule has 3 aromatic rings. The largest absolute Gasteiger partial charge is 0.367 e. The molecule has 0 saturated carbocycles. The SMILES string of the molecule is O=C(Nc1ccc(Cl)cc1)c1sccc1S(=O)(=O)N1CCN(c2ccccc2F)CC1. The molecule has 4 rings (SSSR count). The fourth-order valence-corrected chi connectivity index (χ4v) is 6.25. The average Bonchev–Trinajstić information content (AvgIpc) is 3.27. The van der Waals surface area contributed by atoms with Crippen molar-refractivity contribution in [3.63, 3.8) is 0 Å². The summed E-state index contributed by atoms with van der Waals surface area (Å²) in [4.78, 5) is 14.6. The lowest BCUT2D eigenvalue weighted by Crippen LogP contribution is -2.49. The average molecular weight is 480 g/mol. The van der Waals surface area contributed by atoms with Gasteiger partial charge in [0, 0.05) is 36.9 Å². The van der Waals surface area contributed by atoms with Crippen LogP contribution in [-0.2, 0) is 10.0 Å². The van der Waals surface area contributed by atoms with Gasteiger partial charge in [-0.25, -0.2) is 12.8 Å². The number of benzene rings is 2. The molecule has 6 nitrogen and oxygen atoms in total. The number of anilines is 2. The molecule has 2 aromatic carbocycles. The molecule has 1 aliphatic heterocycles. The number of hydrogen-bond donors (Lipinski definition) is 1. The highest BCUT2D eigenvalue weighted by Crippen LogP contribution is 2.28. The van der Waals surface area contributed by atoms with E-state index in [-0.39, 0.29) is 28.7 Å². The molecule has 1 N–H and O–H groups in total. The standard InChI is InChI=1S/C21H19ClFN3O3S2/c22-15-5-7-16(8-6-15)24-21(27)20-19(9-14-30-20)31(28,29)26-12-10-25(11-13-26)18-4-2-1-3-17(18)23/h1-9,14H,10-13H2,(H,24,27). The normalized spacial score (nSPS) is 15.1. The molecule has 162 valence electrons. The van der Waals surface area contributed by atoms with Gasteiger partial charge in [-0.05, 0) is 47.8 Å². The topological polar surface area (TPSA) is 69.7 Å². The van der Waals surface area contributed by atoms with E-state index in [4.69, 9.17) is 11.6 Å². The third kappa shape index (κ3) is 4.59. The summed E-state index contributed by atoms with van der Waals surface area (Å²) in [6.07, 6.45) is 0. The summed E-state index contributed by atoms with van der Waals surface area (Å²) in [5.74, 6) is -0.835. The van der Waals surface area contributed by atoms with Crippen molar-refractivity contribution in [3.05, 3.63) is 75.7 Å². The van der Waals surface area contributed by atoms with Crippen molar-refractivity contribution in [1.82, 2.24) is 4.31 Å². The number of carbonyl (C=O) groups is 1. The molecule has 31 heavy (non-hydrogen) atoms. The number of para-hydroxylation sites is 1. The quantitative estimate of drug-likeness (QED) is 0.592. The predicted octanol–water partition coefficient (Wildman–Crippen LogP) is 4.30. The number of sulfonamides is 1. The van der Waals surface area contributed by atoms with E-state index in [1.54, 1.807) is 47.8 Å². The van der Waals surface area contributed by atoms with E-state index in [0.29, 0.717) is 29.5 Å². The van der Waals surface area contributed by atoms with Crippen molar-refractivity contribution in [2.75, 3.05) is 36.4 Å². The minimum atomic E-state index is -3.87. The van der Waals surface area contributed by atoms with Gasteiger partial charge in [-0.2, -0.15) is 4.31 Å². The Balaban J connectivity index is 1.49. The van der Waals surface area contributed by atoms with Crippen LogP contribution in [0.3, 0.4) is 0 Å². The summed E-state index contributed by atoms with van der Waals surface area (Å²) in [7, 11) is -3.87. The molecule has 0 radical (unpaired) electrons. The first-order chi connectivity index (χ1) is 14.9. The third-order valence-electron chi connectivity index (χ3n) is 4.99. The molecular formula is C21H19ClFN3O3S2. The van der Waals surface area contributed by atoms with Crippen LogP contribution >= 0.6 is 22.9 Å². The second kappa shape index (κ2) is 8.96. The highest BCUT2D eigenvalue weighted by molar-refractivity contribution is 7.89. The number of rotatable bonds is 5. The Bertz CT molecular complexity index is 1190. The van der Waals surface area contributed by atoms with Crippen LogP contribution in [0.25, 0.3) is 0 Å². The molecule has 0 bridgehead atoms. The fraction of sp³-hybridized carbons (Fsp3) is 0.190. The first-order valence-electron chi connectivity index (χ1n) is 9.50. The minimum Gasteiger partial charge on any atom is -0.367 e. The Morgan fingerprint density at radius 1 is 1.00 bits per heavy atom. The van der Waals surface area contributed by atoms with Gasteiger partial charge in [-0.15, -0.1) is 11.3 Å². The molecule has 10 heteroatoms. The van der Waals surface area contributed by atoms with Crippen molar-refractivity contribution in [2.24, 2.45) is 0 Å². The highest BCUT2D eigenvalue weighted by Gasteiger charge is 2.33. The molecular weight excluding hydrogens is 461 g/mol. The fourth-order valence-electron chi connectivity index (χ4n) is 3.40. The molecule has 1 fully saturated rings. The van der Waals surface area contributed by atoms with E-state index >= 15 is 0 Å². The van der Waals surface area contributed by atoms with Gasteiger partial charge in [0.05, 0.1) is 5.69 Å². The van der Waals surface area contributed by atoms with Crippen LogP contribution in [0.1, 0.15) is 9.67 Å². The van der Waals surface area contributed by atoms with Gasteiger partial charge in [0.2, 0.25) is 10.0 Å². The third-order valence-corrected chi connectivity index (χ3v) is 8.22. The van der Waals surface area contributed by atoms with Crippen molar-refractivity contribution < 1.29 is 17.6 Å². The zero-order valence-corrected chi connectivity index (χ0v) is 18.7. The Morgan fingerprint density at radius 3 is 2.35 bits per heavy atom. The number of hydrogen-bond acceptors (Lipinski definition) is 5. The Hall–Kier alpha value is -2.46. The van der Waals surface area contributed by atoms with E-state index in [1.807, 2.05) is 4.90 Å². The molecule has 0 unspecified atom stereocenters. The zero-order valence-electron chi connectivity index (χ0n) is 16.3. The summed E-state index contributed by atoms with van der Waals surface area (Å²) in [6.45, 7) is 1.11. The maximum atomic E-state index is 14.0. The van der Waals surface area contributed by atoms with Gasteiger partial charge < -0.3 is 10.2 Å². The number of nitrogens with one attached hydrogen (secondary N) is 1. The lowest BCUT2D eigenvalue weighted by atomic mass is 10.2. The number of thiophene rings is 1. The van der Waals surface area contributed by atoms with E-state index in [1.165, 1.54) is 16.4 Å². The minimum absolute atomic E-state index is 0.0247. The van der Waals surface area contributed by atoms with Gasteiger partial charge >= 0.3 is 0 Å². The van der Waals surface area contributed by atoms with E-state index in [9.17, 15) is 17.6 Å². The van der Waals surface area contributed by atoms with Crippen molar-refractivity contribution in [2.45, 2.75) is 4.90 Å². The summed E-state index contributed by atoms with van der Waals surface area (Å²) >= 11 is 6.92. The lowest BCUT2D eigenvalue weighted by Gasteiger charge is -2.35.